The van der Waals surface area contributed by atoms with Crippen LogP contribution in [0.4, 0.5) is 0 Å². The SMILES string of the molecule is CC(=O)N(CC[C@]12CCC(C(C)C)=C1[C@H]1CC[C@@H]3[C@@]4(C)CC[C@H](OC(=O)CC(C)(C)C(=O)O)C(C)(C)[C@@H]4CC[C@@]3(C)[C@]1(C)CC2)Cc1ccc(Cl)cc1. The van der Waals surface area contributed by atoms with Crippen LogP contribution in [0.15, 0.2) is 35.4 Å². The van der Waals surface area contributed by atoms with Crippen LogP contribution < -0.4 is 0 Å². The Morgan fingerprint density at radius 2 is 1.58 bits per heavy atom. The molecule has 1 N–H and O–H groups in total. The van der Waals surface area contributed by atoms with Gasteiger partial charge in [-0.05, 0) is 148 Å². The third kappa shape index (κ3) is 6.71. The third-order valence-electron chi connectivity index (χ3n) is 16.8. The van der Waals surface area contributed by atoms with Gasteiger partial charge in [-0.25, -0.2) is 0 Å². The Kier molecular flexibility index (Phi) is 10.6. The molecule has 0 aliphatic heterocycles. The molecule has 7 heteroatoms. The van der Waals surface area contributed by atoms with E-state index in [0.717, 1.165) is 42.8 Å². The molecule has 53 heavy (non-hydrogen) atoms. The van der Waals surface area contributed by atoms with Gasteiger partial charge >= 0.3 is 11.9 Å². The van der Waals surface area contributed by atoms with E-state index in [1.54, 1.807) is 31.9 Å². The maximum atomic E-state index is 13.1. The van der Waals surface area contributed by atoms with Crippen LogP contribution in [0.5, 0.6) is 0 Å². The molecule has 0 spiro atoms. The Morgan fingerprint density at radius 1 is 0.906 bits per heavy atom. The molecule has 0 aromatic heterocycles. The van der Waals surface area contributed by atoms with Crippen LogP contribution in [0, 0.1) is 56.2 Å². The molecular weight excluding hydrogens is 682 g/mol. The summed E-state index contributed by atoms with van der Waals surface area (Å²) in [5.74, 6) is 0.918. The lowest BCUT2D eigenvalue weighted by Crippen LogP contribution is -2.65. The Labute approximate surface area is 325 Å². The molecule has 6 rings (SSSR count). The average molecular weight is 751 g/mol. The smallest absolute Gasteiger partial charge is 0.309 e. The lowest BCUT2D eigenvalue weighted by Gasteiger charge is -2.72. The zero-order chi connectivity index (χ0) is 38.9. The summed E-state index contributed by atoms with van der Waals surface area (Å²) in [5.41, 5.74) is 4.02. The fourth-order valence-corrected chi connectivity index (χ4v) is 13.6. The number of esters is 1. The number of carboxylic acid groups (broad SMARTS) is 1. The van der Waals surface area contributed by atoms with E-state index in [-0.39, 0.29) is 51.5 Å². The highest BCUT2D eigenvalue weighted by Gasteiger charge is 2.69. The van der Waals surface area contributed by atoms with Crippen molar-refractivity contribution in [2.75, 3.05) is 6.54 Å². The highest BCUT2D eigenvalue weighted by Crippen LogP contribution is 2.77. The number of benzene rings is 1. The summed E-state index contributed by atoms with van der Waals surface area (Å²) in [7, 11) is 0. The predicted octanol–water partition coefficient (Wildman–Crippen LogP) is 11.3. The number of allylic oxidation sites excluding steroid dienone is 2. The molecule has 0 heterocycles. The number of carbonyl (C=O) groups excluding carboxylic acids is 2. The second kappa shape index (κ2) is 14.0. The molecule has 0 saturated heterocycles. The lowest BCUT2D eigenvalue weighted by atomic mass is 9.33. The number of rotatable bonds is 10. The number of ether oxygens (including phenoxy) is 1. The molecule has 4 fully saturated rings. The Bertz CT molecular complexity index is 1630. The summed E-state index contributed by atoms with van der Waals surface area (Å²) in [4.78, 5) is 39.9. The van der Waals surface area contributed by atoms with Crippen molar-refractivity contribution in [3.8, 4) is 0 Å². The molecule has 5 aliphatic rings. The normalized spacial score (nSPS) is 36.2. The Hall–Kier alpha value is -2.34. The first kappa shape index (κ1) is 40.3. The standard InChI is InChI=1S/C46H68ClNO5/c1-29(2)33-17-22-46(25-26-48(30(3)49)28-31-11-13-32(47)14-12-31)24-23-44(9)34(39(33)46)15-16-36-43(8)20-19-37(53-38(50)27-41(4,5)40(51)52)42(6,7)35(43)18-21-45(36,44)10/h11-14,29,34-37H,15-28H2,1-10H3,(H,51,52)/t34-,35+,36-,37+,43+,44-,45-,46-/m1/s1. The third-order valence-corrected chi connectivity index (χ3v) is 17.0. The summed E-state index contributed by atoms with van der Waals surface area (Å²) in [6, 6.07) is 7.91. The quantitative estimate of drug-likeness (QED) is 0.190. The Morgan fingerprint density at radius 3 is 2.21 bits per heavy atom. The molecular formula is C46H68ClNO5. The number of amides is 1. The maximum Gasteiger partial charge on any atom is 0.309 e. The molecule has 0 unspecified atom stereocenters. The van der Waals surface area contributed by atoms with Gasteiger partial charge in [-0.1, -0.05) is 83.3 Å². The van der Waals surface area contributed by atoms with Crippen molar-refractivity contribution in [3.05, 3.63) is 46.0 Å². The van der Waals surface area contributed by atoms with Crippen molar-refractivity contribution in [1.29, 1.82) is 0 Å². The van der Waals surface area contributed by atoms with Crippen LogP contribution in [0.3, 0.4) is 0 Å². The molecule has 8 atom stereocenters. The van der Waals surface area contributed by atoms with Gasteiger partial charge in [0.05, 0.1) is 11.8 Å². The van der Waals surface area contributed by atoms with E-state index in [0.29, 0.717) is 30.2 Å². The van der Waals surface area contributed by atoms with E-state index >= 15 is 0 Å². The lowest BCUT2D eigenvalue weighted by molar-refractivity contribution is -0.233. The number of hydrogen-bond acceptors (Lipinski definition) is 4. The van der Waals surface area contributed by atoms with Gasteiger partial charge in [-0.3, -0.25) is 14.4 Å². The van der Waals surface area contributed by atoms with E-state index in [1.165, 1.54) is 44.9 Å². The molecule has 0 bridgehead atoms. The summed E-state index contributed by atoms with van der Waals surface area (Å²) in [6.45, 7) is 23.7. The van der Waals surface area contributed by atoms with Gasteiger partial charge in [0.15, 0.2) is 0 Å². The van der Waals surface area contributed by atoms with Gasteiger partial charge in [0, 0.05) is 30.5 Å². The van der Waals surface area contributed by atoms with E-state index in [1.807, 2.05) is 24.3 Å². The number of carboxylic acids is 1. The van der Waals surface area contributed by atoms with Crippen LogP contribution in [0.2, 0.25) is 5.02 Å². The van der Waals surface area contributed by atoms with E-state index < -0.39 is 11.4 Å². The zero-order valence-corrected chi connectivity index (χ0v) is 35.3. The summed E-state index contributed by atoms with van der Waals surface area (Å²) >= 11 is 6.18. The van der Waals surface area contributed by atoms with Crippen molar-refractivity contribution >= 4 is 29.4 Å². The number of aliphatic carboxylic acids is 1. The molecule has 1 aromatic rings. The van der Waals surface area contributed by atoms with Crippen molar-refractivity contribution in [1.82, 2.24) is 4.90 Å². The second-order valence-electron chi connectivity index (χ2n) is 20.5. The Balaban J connectivity index is 1.24. The van der Waals surface area contributed by atoms with Crippen LogP contribution >= 0.6 is 11.6 Å². The highest BCUT2D eigenvalue weighted by atomic mass is 35.5. The topological polar surface area (TPSA) is 83.9 Å². The molecule has 294 valence electrons. The second-order valence-corrected chi connectivity index (χ2v) is 20.9. The van der Waals surface area contributed by atoms with Gasteiger partial charge in [0.1, 0.15) is 6.10 Å². The number of hydrogen-bond donors (Lipinski definition) is 1. The molecule has 1 aromatic carbocycles. The van der Waals surface area contributed by atoms with Crippen molar-refractivity contribution in [2.45, 2.75) is 159 Å². The van der Waals surface area contributed by atoms with Crippen LogP contribution in [0.1, 0.15) is 152 Å². The largest absolute Gasteiger partial charge is 0.481 e. The summed E-state index contributed by atoms with van der Waals surface area (Å²) in [5, 5.41) is 10.3. The number of carbonyl (C=O) groups is 3. The van der Waals surface area contributed by atoms with Crippen LogP contribution in [0.25, 0.3) is 0 Å². The van der Waals surface area contributed by atoms with Gasteiger partial charge in [-0.2, -0.15) is 0 Å². The summed E-state index contributed by atoms with van der Waals surface area (Å²) in [6.07, 6.45) is 12.2. The fraction of sp³-hybridized carbons (Fsp3) is 0.761. The monoisotopic (exact) mass is 749 g/mol. The van der Waals surface area contributed by atoms with E-state index in [9.17, 15) is 19.5 Å². The van der Waals surface area contributed by atoms with Gasteiger partial charge < -0.3 is 14.7 Å². The molecule has 4 saturated carbocycles. The molecule has 1 amide bonds. The number of halogens is 1. The van der Waals surface area contributed by atoms with Crippen molar-refractivity contribution in [2.24, 2.45) is 56.2 Å². The van der Waals surface area contributed by atoms with E-state index in [2.05, 4.69) is 53.4 Å². The van der Waals surface area contributed by atoms with Gasteiger partial charge in [0.2, 0.25) is 5.91 Å². The number of fused-ring (bicyclic) bond motifs is 7. The summed E-state index contributed by atoms with van der Waals surface area (Å²) < 4.78 is 6.20. The first-order valence-corrected chi connectivity index (χ1v) is 21.2. The number of nitrogens with zero attached hydrogens (tertiary/aromatic N) is 1. The maximum absolute atomic E-state index is 13.1. The molecule has 5 aliphatic carbocycles. The van der Waals surface area contributed by atoms with E-state index in [4.69, 9.17) is 16.3 Å². The van der Waals surface area contributed by atoms with Crippen molar-refractivity contribution < 1.29 is 24.2 Å². The minimum Gasteiger partial charge on any atom is -0.481 e. The minimum absolute atomic E-state index is 0.109. The fourth-order valence-electron chi connectivity index (χ4n) is 13.5. The first-order chi connectivity index (χ1) is 24.6. The van der Waals surface area contributed by atoms with Crippen molar-refractivity contribution in [3.63, 3.8) is 0 Å². The first-order valence-electron chi connectivity index (χ1n) is 20.8. The van der Waals surface area contributed by atoms with Crippen LogP contribution in [-0.2, 0) is 25.7 Å². The zero-order valence-electron chi connectivity index (χ0n) is 34.5. The van der Waals surface area contributed by atoms with Gasteiger partial charge in [-0.15, -0.1) is 0 Å². The molecule has 0 radical (unpaired) electrons. The highest BCUT2D eigenvalue weighted by molar-refractivity contribution is 6.30. The minimum atomic E-state index is -1.14. The van der Waals surface area contributed by atoms with Crippen LogP contribution in [-0.4, -0.2) is 40.5 Å². The van der Waals surface area contributed by atoms with Gasteiger partial charge in [0.25, 0.3) is 0 Å². The molecule has 6 nitrogen and oxygen atoms in total. The average Bonchev–Trinajstić information content (AvgIpc) is 3.45. The predicted molar refractivity (Wildman–Crippen MR) is 212 cm³/mol.